The molecule has 7 heterocycles. The van der Waals surface area contributed by atoms with Crippen LogP contribution in [-0.2, 0) is 14.3 Å². The Kier molecular flexibility index (Phi) is 17.9. The number of halogens is 3. The maximum atomic E-state index is 17.3. The second kappa shape index (κ2) is 24.9. The van der Waals surface area contributed by atoms with Crippen LogP contribution in [0.3, 0.4) is 0 Å². The Bertz CT molecular complexity index is 2980. The van der Waals surface area contributed by atoms with Crippen molar-refractivity contribution >= 4 is 51.6 Å². The largest absolute Gasteiger partial charge is 0.483 e. The monoisotopic (exact) mass is 1070 g/mol. The molecule has 5 unspecified atom stereocenters. The molecule has 5 atom stereocenters. The highest BCUT2D eigenvalue weighted by molar-refractivity contribution is 6.02. The van der Waals surface area contributed by atoms with Crippen LogP contribution in [0, 0.1) is 35.8 Å². The van der Waals surface area contributed by atoms with Gasteiger partial charge in [0.2, 0.25) is 0 Å². The number of nitrogens with zero attached hydrogens (tertiary/aromatic N) is 8. The Morgan fingerprint density at radius 1 is 0.962 bits per heavy atom. The fourth-order valence-electron chi connectivity index (χ4n) is 12.7. The first-order chi connectivity index (χ1) is 37.7. The van der Waals surface area contributed by atoms with E-state index in [0.29, 0.717) is 70.0 Å². The maximum absolute atomic E-state index is 17.3. The number of carboxylic acid groups (broad SMARTS) is 1. The molecule has 0 bridgehead atoms. The molecular weight excluding hydrogens is 996 g/mol. The van der Waals surface area contributed by atoms with Gasteiger partial charge in [-0.3, -0.25) is 14.7 Å². The van der Waals surface area contributed by atoms with Crippen molar-refractivity contribution in [2.75, 3.05) is 81.1 Å². The molecule has 3 aromatic carbocycles. The maximum Gasteiger partial charge on any atom is 0.319 e. The lowest BCUT2D eigenvalue weighted by atomic mass is 9.94. The zero-order valence-corrected chi connectivity index (χ0v) is 45.3. The molecule has 5 fully saturated rings. The summed E-state index contributed by atoms with van der Waals surface area (Å²) in [7, 11) is 1.32. The molecule has 5 aliphatic rings. The minimum absolute atomic E-state index is 0.0427. The number of piperidine rings is 2. The molecule has 17 heteroatoms. The first-order valence-electron chi connectivity index (χ1n) is 27.7. The van der Waals surface area contributed by atoms with E-state index >= 15 is 8.78 Å². The summed E-state index contributed by atoms with van der Waals surface area (Å²) in [6, 6.07) is 16.6. The number of pyridine rings is 1. The van der Waals surface area contributed by atoms with Gasteiger partial charge in [-0.25, -0.2) is 13.9 Å². The molecule has 2 N–H and O–H groups in total. The predicted molar refractivity (Wildman–Crippen MR) is 301 cm³/mol. The number of likely N-dealkylation sites (N-methyl/N-ethyl adjacent to an activating group) is 1. The topological polar surface area (TPSA) is 140 Å². The van der Waals surface area contributed by atoms with Gasteiger partial charge in [0.05, 0.1) is 40.4 Å². The molecule has 5 aliphatic heterocycles. The Morgan fingerprint density at radius 2 is 1.65 bits per heavy atom. The molecule has 14 nitrogen and oxygen atoms in total. The van der Waals surface area contributed by atoms with Gasteiger partial charge in [0, 0.05) is 100 Å². The van der Waals surface area contributed by atoms with Crippen LogP contribution in [0.25, 0.3) is 32.9 Å². The van der Waals surface area contributed by atoms with E-state index in [9.17, 15) is 9.28 Å². The summed E-state index contributed by atoms with van der Waals surface area (Å²) < 4.78 is 59.9. The Labute approximate surface area is 456 Å². The average Bonchev–Trinajstić information content (AvgIpc) is 3.91. The second-order valence-corrected chi connectivity index (χ2v) is 22.3. The van der Waals surface area contributed by atoms with Crippen molar-refractivity contribution in [1.82, 2.24) is 29.9 Å². The van der Waals surface area contributed by atoms with Crippen LogP contribution in [-0.4, -0.2) is 144 Å². The number of nitrogens with one attached hydrogen (secondary N) is 1. The molecular formula is C61H74F3N9O5. The SMILES string of the molecule is C#Cc1c(F)ccc2cccc(-c3ncc4c(N5CC(C)CCC(C)C5)nc(OCC56CCC(CN7CCC(OC8CCN(c9ccc(NC(CCC=O)C(=C)N(C)F)cc9)CC8)CC7)N5CC(=C)C6)nc4c3F)c12.O=CO. The quantitative estimate of drug-likeness (QED) is 0.0395. The normalized spacial score (nSPS) is 22.8. The molecule has 10 rings (SSSR count). The van der Waals surface area contributed by atoms with Crippen LogP contribution in [0.2, 0.25) is 0 Å². The van der Waals surface area contributed by atoms with Crippen molar-refractivity contribution in [3.8, 4) is 29.6 Å². The van der Waals surface area contributed by atoms with Crippen molar-refractivity contribution in [1.29, 1.82) is 0 Å². The summed E-state index contributed by atoms with van der Waals surface area (Å²) in [5.74, 6) is 2.74. The summed E-state index contributed by atoms with van der Waals surface area (Å²) >= 11 is 0. The molecule has 5 saturated heterocycles. The lowest BCUT2D eigenvalue weighted by molar-refractivity contribution is -0.122. The van der Waals surface area contributed by atoms with E-state index in [2.05, 4.69) is 70.0 Å². The zero-order chi connectivity index (χ0) is 55.1. The minimum atomic E-state index is -0.629. The van der Waals surface area contributed by atoms with Crippen LogP contribution in [0.4, 0.5) is 30.5 Å². The fourth-order valence-corrected chi connectivity index (χ4v) is 12.7. The summed E-state index contributed by atoms with van der Waals surface area (Å²) in [4.78, 5) is 43.9. The number of aldehydes is 1. The predicted octanol–water partition coefficient (Wildman–Crippen LogP) is 10.5. The zero-order valence-electron chi connectivity index (χ0n) is 45.3. The molecule has 0 spiro atoms. The third kappa shape index (κ3) is 12.4. The van der Waals surface area contributed by atoms with Gasteiger partial charge < -0.3 is 39.4 Å². The van der Waals surface area contributed by atoms with E-state index in [-0.39, 0.29) is 58.7 Å². The Morgan fingerprint density at radius 3 is 2.32 bits per heavy atom. The van der Waals surface area contributed by atoms with Crippen LogP contribution in [0.15, 0.2) is 85.2 Å². The standard InChI is InChI=1S/C60H72F3N9O3.CH2O2/c1-7-49-52(61)20-15-43-10-8-11-50(54(43)49)56-55(62)57-51(33-64-56)58(71-34-39(2)13-14-40(3)35-71)67-59(66-57)74-38-60-26-21-46(72(60)36-41(4)32-60)37-69-27-22-47(23-28-69)75-48-24-29-70(30-25-48)45-18-16-44(17-19-45)65-53(12-9-31-73)42(5)68(6)63;2-1-3/h1,8,10-11,15-20,31,33,39-40,46-48,53,65H,4-5,9,12-14,21-30,32,34-38H2,2-3,6H3;1H,(H,2,3). The van der Waals surface area contributed by atoms with Crippen molar-refractivity contribution < 1.29 is 37.4 Å². The van der Waals surface area contributed by atoms with E-state index in [1.165, 1.54) is 18.7 Å². The average molecular weight is 1070 g/mol. The number of anilines is 3. The number of terminal acetylenes is 1. The van der Waals surface area contributed by atoms with Gasteiger partial charge in [0.1, 0.15) is 35.7 Å². The number of fused-ring (bicyclic) bond motifs is 3. The van der Waals surface area contributed by atoms with Gasteiger partial charge in [0.15, 0.2) is 5.82 Å². The third-order valence-electron chi connectivity index (χ3n) is 16.8. The van der Waals surface area contributed by atoms with E-state index in [0.717, 1.165) is 128 Å². The van der Waals surface area contributed by atoms with E-state index in [1.54, 1.807) is 24.4 Å². The van der Waals surface area contributed by atoms with Crippen molar-refractivity contribution in [2.45, 2.75) is 114 Å². The highest BCUT2D eigenvalue weighted by Crippen LogP contribution is 2.45. The van der Waals surface area contributed by atoms with Gasteiger partial charge in [-0.05, 0) is 112 Å². The van der Waals surface area contributed by atoms with Gasteiger partial charge in [-0.2, -0.15) is 9.97 Å². The Hall–Kier alpha value is -6.74. The minimum Gasteiger partial charge on any atom is -0.483 e. The number of carbonyl (C=O) groups excluding carboxylic acids is 1. The second-order valence-electron chi connectivity index (χ2n) is 22.3. The van der Waals surface area contributed by atoms with E-state index in [4.69, 9.17) is 40.8 Å². The number of hydrogen-bond donors (Lipinski definition) is 2. The molecule has 0 saturated carbocycles. The first kappa shape index (κ1) is 56.0. The smallest absolute Gasteiger partial charge is 0.319 e. The van der Waals surface area contributed by atoms with E-state index in [1.807, 2.05) is 18.2 Å². The molecule has 0 amide bonds. The lowest BCUT2D eigenvalue weighted by Crippen LogP contribution is -2.51. The summed E-state index contributed by atoms with van der Waals surface area (Å²) in [6.07, 6.45) is 18.6. The molecule has 0 aliphatic carbocycles. The summed E-state index contributed by atoms with van der Waals surface area (Å²) in [5.41, 5.74) is 3.83. The van der Waals surface area contributed by atoms with E-state index < -0.39 is 11.6 Å². The number of rotatable bonds is 17. The van der Waals surface area contributed by atoms with Crippen molar-refractivity contribution in [3.05, 3.63) is 102 Å². The number of benzene rings is 3. The lowest BCUT2D eigenvalue weighted by Gasteiger charge is -2.40. The number of hydrogen-bond acceptors (Lipinski definition) is 13. The van der Waals surface area contributed by atoms with Gasteiger partial charge in [0.25, 0.3) is 6.47 Å². The summed E-state index contributed by atoms with van der Waals surface area (Å²) in [5, 5.41) is 12.4. The number of ether oxygens (including phenoxy) is 2. The van der Waals surface area contributed by atoms with Gasteiger partial charge >= 0.3 is 6.01 Å². The van der Waals surface area contributed by atoms with Crippen molar-refractivity contribution in [3.63, 3.8) is 0 Å². The van der Waals surface area contributed by atoms with Crippen LogP contribution in [0.5, 0.6) is 6.01 Å². The highest BCUT2D eigenvalue weighted by Gasteiger charge is 2.51. The number of carbonyl (C=O) groups is 2. The number of aromatic nitrogens is 3. The molecule has 78 heavy (non-hydrogen) atoms. The van der Waals surface area contributed by atoms with Gasteiger partial charge in [-0.15, -0.1) is 10.9 Å². The van der Waals surface area contributed by atoms with Crippen LogP contribution >= 0.6 is 0 Å². The third-order valence-corrected chi connectivity index (χ3v) is 16.8. The van der Waals surface area contributed by atoms with Crippen molar-refractivity contribution in [2.24, 2.45) is 11.8 Å². The highest BCUT2D eigenvalue weighted by atomic mass is 19.2. The fraction of sp³-hybridized carbons (Fsp3) is 0.492. The number of likely N-dealkylation sites (tertiary alicyclic amines) is 1. The first-order valence-corrected chi connectivity index (χ1v) is 27.7. The molecule has 414 valence electrons. The van der Waals surface area contributed by atoms with Crippen LogP contribution < -0.4 is 19.9 Å². The summed E-state index contributed by atoms with van der Waals surface area (Å²) in [6.45, 7) is 20.1. The molecule has 2 aromatic heterocycles. The Balaban J connectivity index is 0.00000241. The van der Waals surface area contributed by atoms with Gasteiger partial charge in [-0.1, -0.05) is 62.8 Å². The molecule has 0 radical (unpaired) electrons. The van der Waals surface area contributed by atoms with Crippen LogP contribution in [0.1, 0.15) is 90.0 Å². The molecule has 5 aromatic rings.